The molecule has 0 aliphatic carbocycles. The van der Waals surface area contributed by atoms with Crippen LogP contribution in [0.3, 0.4) is 0 Å². The number of hydrogen-bond acceptors (Lipinski definition) is 4. The van der Waals surface area contributed by atoms with Gasteiger partial charge in [0.05, 0.1) is 10.9 Å². The van der Waals surface area contributed by atoms with Gasteiger partial charge in [0.1, 0.15) is 0 Å². The van der Waals surface area contributed by atoms with E-state index in [-0.39, 0.29) is 23.9 Å². The van der Waals surface area contributed by atoms with Gasteiger partial charge in [0.25, 0.3) is 0 Å². The number of sulfonamides is 1. The summed E-state index contributed by atoms with van der Waals surface area (Å²) in [4.78, 5) is 11.8. The molecule has 1 unspecified atom stereocenters. The van der Waals surface area contributed by atoms with E-state index in [9.17, 15) is 13.2 Å². The maximum Gasteiger partial charge on any atom is 0.240 e. The molecule has 1 amide bonds. The van der Waals surface area contributed by atoms with Crippen LogP contribution >= 0.6 is 0 Å². The van der Waals surface area contributed by atoms with E-state index in [0.717, 1.165) is 12.0 Å². The van der Waals surface area contributed by atoms with Gasteiger partial charge in [-0.1, -0.05) is 31.0 Å². The quantitative estimate of drug-likeness (QED) is 0.609. The summed E-state index contributed by atoms with van der Waals surface area (Å²) in [5, 5.41) is 2.61. The summed E-state index contributed by atoms with van der Waals surface area (Å²) in [6, 6.07) is 6.03. The number of carbonyl (C=O) groups excluding carboxylic acids is 1. The fraction of sp³-hybridized carbons (Fsp3) is 0.500. The summed E-state index contributed by atoms with van der Waals surface area (Å²) in [7, 11) is -3.54. The molecule has 0 heterocycles. The van der Waals surface area contributed by atoms with Crippen molar-refractivity contribution in [2.75, 3.05) is 13.1 Å². The molecule has 21 heavy (non-hydrogen) atoms. The third-order valence-electron chi connectivity index (χ3n) is 2.98. The predicted octanol–water partition coefficient (Wildman–Crippen LogP) is 0.517. The minimum absolute atomic E-state index is 0.126. The Labute approximate surface area is 126 Å². The van der Waals surface area contributed by atoms with E-state index in [1.807, 2.05) is 13.8 Å². The first-order valence-electron chi connectivity index (χ1n) is 6.96. The molecule has 0 fully saturated rings. The maximum atomic E-state index is 12.0. The van der Waals surface area contributed by atoms with Crippen molar-refractivity contribution in [1.29, 1.82) is 0 Å². The minimum atomic E-state index is -3.54. The lowest BCUT2D eigenvalue weighted by atomic mass is 10.2. The highest BCUT2D eigenvalue weighted by atomic mass is 32.2. The van der Waals surface area contributed by atoms with E-state index >= 15 is 0 Å². The highest BCUT2D eigenvalue weighted by Gasteiger charge is 2.14. The zero-order valence-electron chi connectivity index (χ0n) is 12.4. The zero-order valence-corrected chi connectivity index (χ0v) is 13.2. The first-order chi connectivity index (χ1) is 9.86. The molecule has 6 nitrogen and oxygen atoms in total. The van der Waals surface area contributed by atoms with E-state index in [1.54, 1.807) is 24.3 Å². The van der Waals surface area contributed by atoms with Crippen LogP contribution in [-0.2, 0) is 14.8 Å². The summed E-state index contributed by atoms with van der Waals surface area (Å²) in [5.74, 6) is -0.258. The lowest BCUT2D eigenvalue weighted by Crippen LogP contribution is -2.43. The number of aryl methyl sites for hydroxylation is 1. The fourth-order valence-corrected chi connectivity index (χ4v) is 2.78. The molecule has 118 valence electrons. The van der Waals surface area contributed by atoms with E-state index in [1.165, 1.54) is 0 Å². The summed E-state index contributed by atoms with van der Waals surface area (Å²) in [6.45, 7) is 4.17. The average molecular weight is 313 g/mol. The van der Waals surface area contributed by atoms with Gasteiger partial charge in [-0.25, -0.2) is 13.1 Å². The van der Waals surface area contributed by atoms with Crippen molar-refractivity contribution >= 4 is 15.9 Å². The highest BCUT2D eigenvalue weighted by Crippen LogP contribution is 2.09. The number of carbonyl (C=O) groups is 1. The molecule has 0 aromatic heterocycles. The van der Waals surface area contributed by atoms with Gasteiger partial charge in [0.15, 0.2) is 0 Å². The largest absolute Gasteiger partial charge is 0.353 e. The first kappa shape index (κ1) is 17.6. The molecule has 1 aromatic rings. The van der Waals surface area contributed by atoms with Crippen LogP contribution in [0, 0.1) is 6.92 Å². The van der Waals surface area contributed by atoms with Crippen molar-refractivity contribution in [3.05, 3.63) is 29.8 Å². The molecule has 0 bridgehead atoms. The lowest BCUT2D eigenvalue weighted by Gasteiger charge is -2.12. The molecule has 7 heteroatoms. The number of rotatable bonds is 8. The van der Waals surface area contributed by atoms with E-state index in [4.69, 9.17) is 5.73 Å². The predicted molar refractivity (Wildman–Crippen MR) is 82.3 cm³/mol. The second-order valence-electron chi connectivity index (χ2n) is 4.90. The van der Waals surface area contributed by atoms with E-state index in [2.05, 4.69) is 10.0 Å². The van der Waals surface area contributed by atoms with Crippen LogP contribution in [-0.4, -0.2) is 33.5 Å². The molecule has 0 aliphatic rings. The SMILES string of the molecule is CCCC(N)C(=O)NCCNS(=O)(=O)c1ccc(C)cc1. The molecule has 0 spiro atoms. The van der Waals surface area contributed by atoms with Gasteiger partial charge in [-0.15, -0.1) is 0 Å². The molecule has 1 atom stereocenters. The Morgan fingerprint density at radius 1 is 1.24 bits per heavy atom. The normalized spacial score (nSPS) is 12.9. The molecule has 0 radical (unpaired) electrons. The maximum absolute atomic E-state index is 12.0. The topological polar surface area (TPSA) is 101 Å². The molecule has 4 N–H and O–H groups in total. The third-order valence-corrected chi connectivity index (χ3v) is 4.46. The molecular formula is C14H23N3O3S. The molecule has 0 saturated carbocycles. The number of amides is 1. The van der Waals surface area contributed by atoms with Crippen molar-refractivity contribution < 1.29 is 13.2 Å². The van der Waals surface area contributed by atoms with Crippen LogP contribution in [0.15, 0.2) is 29.2 Å². The van der Waals surface area contributed by atoms with Crippen molar-refractivity contribution in [2.45, 2.75) is 37.6 Å². The fourth-order valence-electron chi connectivity index (χ4n) is 1.75. The minimum Gasteiger partial charge on any atom is -0.353 e. The van der Waals surface area contributed by atoms with Gasteiger partial charge in [0, 0.05) is 13.1 Å². The van der Waals surface area contributed by atoms with Crippen LogP contribution in [0.1, 0.15) is 25.3 Å². The Bertz CT molecular complexity index is 555. The van der Waals surface area contributed by atoms with Crippen LogP contribution in [0.5, 0.6) is 0 Å². The number of benzene rings is 1. The van der Waals surface area contributed by atoms with Crippen LogP contribution in [0.2, 0.25) is 0 Å². The van der Waals surface area contributed by atoms with Crippen molar-refractivity contribution in [3.63, 3.8) is 0 Å². The van der Waals surface area contributed by atoms with Gasteiger partial charge in [0.2, 0.25) is 15.9 Å². The summed E-state index contributed by atoms with van der Waals surface area (Å²) < 4.78 is 26.4. The van der Waals surface area contributed by atoms with Crippen LogP contribution in [0.25, 0.3) is 0 Å². The Morgan fingerprint density at radius 3 is 2.43 bits per heavy atom. The summed E-state index contributed by atoms with van der Waals surface area (Å²) in [6.07, 6.45) is 1.44. The molecule has 0 aliphatic heterocycles. The number of hydrogen-bond donors (Lipinski definition) is 3. The van der Waals surface area contributed by atoms with Gasteiger partial charge in [-0.05, 0) is 25.5 Å². The van der Waals surface area contributed by atoms with Gasteiger partial charge in [-0.3, -0.25) is 4.79 Å². The van der Waals surface area contributed by atoms with Gasteiger partial charge >= 0.3 is 0 Å². The van der Waals surface area contributed by atoms with Crippen LogP contribution in [0.4, 0.5) is 0 Å². The average Bonchev–Trinajstić information content (AvgIpc) is 2.44. The smallest absolute Gasteiger partial charge is 0.240 e. The van der Waals surface area contributed by atoms with Crippen molar-refractivity contribution in [3.8, 4) is 0 Å². The van der Waals surface area contributed by atoms with E-state index < -0.39 is 16.1 Å². The Kier molecular flexibility index (Phi) is 6.80. The Morgan fingerprint density at radius 2 is 1.86 bits per heavy atom. The summed E-state index contributed by atoms with van der Waals surface area (Å²) >= 11 is 0. The number of nitrogens with two attached hydrogens (primary N) is 1. The van der Waals surface area contributed by atoms with Crippen molar-refractivity contribution in [1.82, 2.24) is 10.0 Å². The molecular weight excluding hydrogens is 290 g/mol. The second kappa shape index (κ2) is 8.11. The lowest BCUT2D eigenvalue weighted by molar-refractivity contribution is -0.122. The third kappa shape index (κ3) is 5.82. The number of nitrogens with one attached hydrogen (secondary N) is 2. The van der Waals surface area contributed by atoms with Crippen LogP contribution < -0.4 is 15.8 Å². The Hall–Kier alpha value is -1.44. The Balaban J connectivity index is 2.41. The summed E-state index contributed by atoms with van der Waals surface area (Å²) in [5.41, 5.74) is 6.64. The molecule has 0 saturated heterocycles. The van der Waals surface area contributed by atoms with Crippen molar-refractivity contribution in [2.24, 2.45) is 5.73 Å². The highest BCUT2D eigenvalue weighted by molar-refractivity contribution is 7.89. The molecule has 1 rings (SSSR count). The van der Waals surface area contributed by atoms with E-state index in [0.29, 0.717) is 6.42 Å². The van der Waals surface area contributed by atoms with Gasteiger partial charge < -0.3 is 11.1 Å². The first-order valence-corrected chi connectivity index (χ1v) is 8.44. The van der Waals surface area contributed by atoms with Gasteiger partial charge in [-0.2, -0.15) is 0 Å². The molecule has 1 aromatic carbocycles. The second-order valence-corrected chi connectivity index (χ2v) is 6.66. The zero-order chi connectivity index (χ0) is 15.9. The standard InChI is InChI=1S/C14H23N3O3S/c1-3-4-13(15)14(18)16-9-10-17-21(19,20)12-7-5-11(2)6-8-12/h5-8,13,17H,3-4,9-10,15H2,1-2H3,(H,16,18). The monoisotopic (exact) mass is 313 g/mol.